The molecule has 1 aliphatic rings. The molecule has 1 aliphatic carbocycles. The molecule has 3 atom stereocenters. The second-order valence-corrected chi connectivity index (χ2v) is 10.1. The van der Waals surface area contributed by atoms with E-state index in [4.69, 9.17) is 9.26 Å². The lowest BCUT2D eigenvalue weighted by Crippen LogP contribution is -2.34. The molecule has 29 heavy (non-hydrogen) atoms. The van der Waals surface area contributed by atoms with Crippen LogP contribution in [0.3, 0.4) is 0 Å². The molecule has 174 valence electrons. The van der Waals surface area contributed by atoms with Crippen LogP contribution in [0, 0.1) is 0 Å². The van der Waals surface area contributed by atoms with Crippen molar-refractivity contribution in [3.05, 3.63) is 0 Å². The predicted octanol–water partition coefficient (Wildman–Crippen LogP) is 7.56. The third-order valence-corrected chi connectivity index (χ3v) is 6.97. The van der Waals surface area contributed by atoms with Crippen molar-refractivity contribution < 1.29 is 23.2 Å². The largest absolute Gasteiger partial charge is 0.472 e. The molecule has 0 bridgehead atoms. The summed E-state index contributed by atoms with van der Waals surface area (Å²) in [6.45, 7) is 2.99. The highest BCUT2D eigenvalue weighted by Gasteiger charge is 2.33. The van der Waals surface area contributed by atoms with E-state index in [1.807, 2.05) is 0 Å². The Morgan fingerprint density at radius 2 is 1.21 bits per heavy atom. The first-order valence-electron chi connectivity index (χ1n) is 12.3. The summed E-state index contributed by atoms with van der Waals surface area (Å²) in [4.78, 5) is 9.55. The van der Waals surface area contributed by atoms with E-state index in [-0.39, 0.29) is 12.2 Å². The van der Waals surface area contributed by atoms with Gasteiger partial charge in [0.25, 0.3) is 0 Å². The maximum atomic E-state index is 11.7. The van der Waals surface area contributed by atoms with Crippen LogP contribution in [-0.2, 0) is 18.3 Å². The van der Waals surface area contributed by atoms with Gasteiger partial charge in [-0.15, -0.1) is 0 Å². The van der Waals surface area contributed by atoms with E-state index in [0.717, 1.165) is 32.1 Å². The van der Waals surface area contributed by atoms with E-state index in [9.17, 15) is 9.46 Å². The van der Waals surface area contributed by atoms with Crippen molar-refractivity contribution >= 4 is 7.82 Å². The first kappa shape index (κ1) is 27.1. The fourth-order valence-electron chi connectivity index (χ4n) is 4.12. The molecule has 0 aliphatic heterocycles. The zero-order valence-corrected chi connectivity index (χ0v) is 20.0. The van der Waals surface area contributed by atoms with Crippen LogP contribution in [0.4, 0.5) is 0 Å². The molecule has 0 aromatic carbocycles. The Kier molecular flexibility index (Phi) is 16.6. The number of phosphoric ester groups is 1. The average Bonchev–Trinajstić information content (AvgIpc) is 2.72. The summed E-state index contributed by atoms with van der Waals surface area (Å²) in [6, 6.07) is 0. The van der Waals surface area contributed by atoms with Crippen molar-refractivity contribution in [2.24, 2.45) is 0 Å². The summed E-state index contributed by atoms with van der Waals surface area (Å²) < 4.78 is 27.5. The Morgan fingerprint density at radius 1 is 0.759 bits per heavy atom. The normalized spacial score (nSPS) is 21.9. The predicted molar refractivity (Wildman–Crippen MR) is 120 cm³/mol. The number of unbranched alkanes of at least 4 members (excludes halogenated alkanes) is 13. The van der Waals surface area contributed by atoms with Crippen LogP contribution >= 0.6 is 7.82 Å². The molecule has 1 N–H and O–H groups in total. The minimum absolute atomic E-state index is 0.0821. The molecule has 0 spiro atoms. The lowest BCUT2D eigenvalue weighted by atomic mass is 9.95. The van der Waals surface area contributed by atoms with Crippen molar-refractivity contribution in [3.63, 3.8) is 0 Å². The fraction of sp³-hybridized carbons (Fsp3) is 1.00. The van der Waals surface area contributed by atoms with Gasteiger partial charge in [0.05, 0.1) is 12.2 Å². The highest BCUT2D eigenvalue weighted by molar-refractivity contribution is 7.47. The molecule has 1 fully saturated rings. The Hall–Kier alpha value is 0.0700. The average molecular weight is 435 g/mol. The van der Waals surface area contributed by atoms with E-state index in [1.54, 1.807) is 0 Å². The number of phosphoric acid groups is 1. The molecule has 0 aromatic rings. The third-order valence-electron chi connectivity index (χ3n) is 5.97. The van der Waals surface area contributed by atoms with Gasteiger partial charge in [0.1, 0.15) is 0 Å². The number of rotatable bonds is 19. The zero-order chi connectivity index (χ0) is 21.2. The van der Waals surface area contributed by atoms with Crippen molar-refractivity contribution in [3.8, 4) is 0 Å². The fourth-order valence-corrected chi connectivity index (χ4v) is 4.79. The molecule has 5 nitrogen and oxygen atoms in total. The topological polar surface area (TPSA) is 65.0 Å². The Labute approximate surface area is 179 Å². The third kappa shape index (κ3) is 14.7. The Morgan fingerprint density at radius 3 is 1.69 bits per heavy atom. The second kappa shape index (κ2) is 17.7. The van der Waals surface area contributed by atoms with Gasteiger partial charge in [-0.1, -0.05) is 103 Å². The van der Waals surface area contributed by atoms with Crippen LogP contribution < -0.4 is 0 Å². The van der Waals surface area contributed by atoms with E-state index in [2.05, 4.69) is 11.4 Å². The van der Waals surface area contributed by atoms with Crippen LogP contribution in [0.2, 0.25) is 0 Å². The Bertz CT molecular complexity index is 418. The van der Waals surface area contributed by atoms with E-state index in [1.165, 1.54) is 90.6 Å². The molecule has 0 radical (unpaired) electrons. The van der Waals surface area contributed by atoms with Crippen LogP contribution in [0.25, 0.3) is 0 Å². The van der Waals surface area contributed by atoms with Gasteiger partial charge in [-0.25, -0.2) is 4.57 Å². The van der Waals surface area contributed by atoms with E-state index < -0.39 is 7.82 Å². The summed E-state index contributed by atoms with van der Waals surface area (Å²) in [5.74, 6) is 0. The maximum Gasteiger partial charge on any atom is 0.472 e. The molecule has 0 aromatic heterocycles. The lowest BCUT2D eigenvalue weighted by Gasteiger charge is -2.31. The van der Waals surface area contributed by atoms with Crippen LogP contribution in [0.5, 0.6) is 0 Å². The monoisotopic (exact) mass is 434 g/mol. The van der Waals surface area contributed by atoms with Gasteiger partial charge >= 0.3 is 7.82 Å². The van der Waals surface area contributed by atoms with Gasteiger partial charge in [0.2, 0.25) is 0 Å². The minimum Gasteiger partial charge on any atom is -0.376 e. The zero-order valence-electron chi connectivity index (χ0n) is 19.1. The molecular formula is C23H47O5P. The smallest absolute Gasteiger partial charge is 0.376 e. The highest BCUT2D eigenvalue weighted by Crippen LogP contribution is 2.46. The second-order valence-electron chi connectivity index (χ2n) is 8.58. The summed E-state index contributed by atoms with van der Waals surface area (Å²) in [7, 11) is -2.73. The van der Waals surface area contributed by atoms with Crippen LogP contribution in [-0.4, -0.2) is 30.8 Å². The summed E-state index contributed by atoms with van der Waals surface area (Å²) in [6.07, 6.45) is 22.2. The number of hydrogen-bond acceptors (Lipinski definition) is 4. The van der Waals surface area contributed by atoms with E-state index >= 15 is 0 Å². The Balaban J connectivity index is 1.92. The van der Waals surface area contributed by atoms with Crippen LogP contribution in [0.15, 0.2) is 0 Å². The van der Waals surface area contributed by atoms with Gasteiger partial charge in [-0.3, -0.25) is 9.05 Å². The first-order chi connectivity index (χ1) is 14.1. The van der Waals surface area contributed by atoms with Gasteiger partial charge in [-0.2, -0.15) is 0 Å². The molecule has 0 heterocycles. The summed E-state index contributed by atoms with van der Waals surface area (Å²) in [5, 5.41) is 0. The van der Waals surface area contributed by atoms with Crippen LogP contribution in [0.1, 0.15) is 122 Å². The molecule has 1 saturated carbocycles. The highest BCUT2D eigenvalue weighted by atomic mass is 31.2. The van der Waals surface area contributed by atoms with Crippen molar-refractivity contribution in [2.45, 2.75) is 135 Å². The summed E-state index contributed by atoms with van der Waals surface area (Å²) in [5.41, 5.74) is 0. The SMILES string of the molecule is CCCCCCCCCCCCCCCCO[C@@H]1CCCC[C@@H]1OP(=O)(O)OC. The number of hydrogen-bond donors (Lipinski definition) is 1. The maximum absolute atomic E-state index is 11.7. The molecule has 0 amide bonds. The molecule has 1 unspecified atom stereocenters. The van der Waals surface area contributed by atoms with Gasteiger partial charge in [-0.05, 0) is 19.3 Å². The first-order valence-corrected chi connectivity index (χ1v) is 13.8. The quantitative estimate of drug-likeness (QED) is 0.168. The molecular weight excluding hydrogens is 387 g/mol. The minimum atomic E-state index is -3.93. The standard InChI is InChI=1S/C23H47O5P/c1-3-4-5-6-7-8-9-10-11-12-13-14-15-18-21-27-22-19-16-17-20-23(22)28-29(24,25)26-2/h22-23H,3-21H2,1-2H3,(H,24,25)/t22-,23+/m1/s1. The molecule has 0 saturated heterocycles. The van der Waals surface area contributed by atoms with Crippen molar-refractivity contribution in [2.75, 3.05) is 13.7 Å². The number of ether oxygens (including phenoxy) is 1. The van der Waals surface area contributed by atoms with Gasteiger partial charge < -0.3 is 9.63 Å². The molecule has 1 rings (SSSR count). The summed E-state index contributed by atoms with van der Waals surface area (Å²) >= 11 is 0. The lowest BCUT2D eigenvalue weighted by molar-refractivity contribution is -0.0584. The van der Waals surface area contributed by atoms with Gasteiger partial charge in [0.15, 0.2) is 0 Å². The van der Waals surface area contributed by atoms with Crippen molar-refractivity contribution in [1.82, 2.24) is 0 Å². The van der Waals surface area contributed by atoms with Crippen molar-refractivity contribution in [1.29, 1.82) is 0 Å². The molecule has 6 heteroatoms. The van der Waals surface area contributed by atoms with Gasteiger partial charge in [0, 0.05) is 13.7 Å². The van der Waals surface area contributed by atoms with E-state index in [0.29, 0.717) is 6.61 Å².